The molecule has 1 fully saturated rings. The fourth-order valence-corrected chi connectivity index (χ4v) is 2.12. The molecule has 2 aliphatic rings. The molecule has 0 bridgehead atoms. The van der Waals surface area contributed by atoms with Crippen molar-refractivity contribution in [2.75, 3.05) is 6.61 Å². The van der Waals surface area contributed by atoms with Crippen LogP contribution in [0.3, 0.4) is 0 Å². The number of rotatable bonds is 1. The van der Waals surface area contributed by atoms with E-state index in [0.29, 0.717) is 0 Å². The van der Waals surface area contributed by atoms with Gasteiger partial charge in [-0.3, -0.25) is 0 Å². The monoisotopic (exact) mass is 186 g/mol. The highest BCUT2D eigenvalue weighted by atomic mass is 16.5. The second kappa shape index (κ2) is 3.16. The average Bonchev–Trinajstić information content (AvgIpc) is 2.55. The van der Waals surface area contributed by atoms with Crippen molar-refractivity contribution < 1.29 is 4.74 Å². The Balaban J connectivity index is 1.93. The molecule has 1 aliphatic heterocycles. The molecule has 0 amide bonds. The van der Waals surface area contributed by atoms with Crippen molar-refractivity contribution in [3.8, 4) is 5.75 Å². The summed E-state index contributed by atoms with van der Waals surface area (Å²) in [6.45, 7) is 0.774. The van der Waals surface area contributed by atoms with Gasteiger partial charge in [0.15, 0.2) is 0 Å². The van der Waals surface area contributed by atoms with Gasteiger partial charge in [0.1, 0.15) is 12.4 Å². The van der Waals surface area contributed by atoms with Crippen LogP contribution in [0.25, 0.3) is 5.57 Å². The van der Waals surface area contributed by atoms with Crippen LogP contribution in [-0.2, 0) is 0 Å². The van der Waals surface area contributed by atoms with E-state index in [9.17, 15) is 0 Å². The molecule has 1 aromatic carbocycles. The Morgan fingerprint density at radius 3 is 2.86 bits per heavy atom. The van der Waals surface area contributed by atoms with Gasteiger partial charge in [-0.05, 0) is 30.4 Å². The van der Waals surface area contributed by atoms with Gasteiger partial charge in [0.25, 0.3) is 0 Å². The van der Waals surface area contributed by atoms with E-state index >= 15 is 0 Å². The van der Waals surface area contributed by atoms with Crippen LogP contribution < -0.4 is 4.74 Å². The summed E-state index contributed by atoms with van der Waals surface area (Å²) in [5, 5.41) is 0. The summed E-state index contributed by atoms with van der Waals surface area (Å²) in [6.07, 6.45) is 6.55. The Morgan fingerprint density at radius 1 is 1.21 bits per heavy atom. The molecule has 1 heterocycles. The minimum atomic E-state index is 0.774. The molecule has 0 unspecified atom stereocenters. The number of fused-ring (bicyclic) bond motifs is 1. The van der Waals surface area contributed by atoms with Crippen molar-refractivity contribution in [3.63, 3.8) is 0 Å². The Bertz CT molecular complexity index is 375. The molecule has 0 radical (unpaired) electrons. The van der Waals surface area contributed by atoms with Gasteiger partial charge in [0.2, 0.25) is 0 Å². The largest absolute Gasteiger partial charge is 0.488 e. The van der Waals surface area contributed by atoms with Gasteiger partial charge in [0.05, 0.1) is 0 Å². The number of allylic oxidation sites excluding steroid dienone is 1. The van der Waals surface area contributed by atoms with E-state index < -0.39 is 0 Å². The van der Waals surface area contributed by atoms with Crippen LogP contribution in [0.4, 0.5) is 0 Å². The van der Waals surface area contributed by atoms with Gasteiger partial charge >= 0.3 is 0 Å². The molecule has 1 heteroatoms. The van der Waals surface area contributed by atoms with Crippen LogP contribution in [0.1, 0.15) is 24.8 Å². The van der Waals surface area contributed by atoms with Crippen molar-refractivity contribution in [1.29, 1.82) is 0 Å². The predicted molar refractivity (Wildman–Crippen MR) is 57.3 cm³/mol. The fraction of sp³-hybridized carbons (Fsp3) is 0.385. The lowest BCUT2D eigenvalue weighted by atomic mass is 9.83. The van der Waals surface area contributed by atoms with Crippen molar-refractivity contribution in [2.45, 2.75) is 19.3 Å². The first kappa shape index (κ1) is 8.10. The van der Waals surface area contributed by atoms with E-state index in [-0.39, 0.29) is 0 Å². The van der Waals surface area contributed by atoms with Crippen molar-refractivity contribution in [3.05, 3.63) is 35.9 Å². The molecular formula is C13H14O. The molecule has 0 spiro atoms. The minimum absolute atomic E-state index is 0.774. The quantitative estimate of drug-likeness (QED) is 0.654. The molecule has 3 rings (SSSR count). The third-order valence-corrected chi connectivity index (χ3v) is 3.20. The van der Waals surface area contributed by atoms with E-state index in [0.717, 1.165) is 18.3 Å². The number of benzene rings is 1. The van der Waals surface area contributed by atoms with Crippen LogP contribution >= 0.6 is 0 Å². The predicted octanol–water partition coefficient (Wildman–Crippen LogP) is 3.26. The van der Waals surface area contributed by atoms with Gasteiger partial charge < -0.3 is 4.74 Å². The Kier molecular flexibility index (Phi) is 1.83. The summed E-state index contributed by atoms with van der Waals surface area (Å²) in [4.78, 5) is 0. The summed E-state index contributed by atoms with van der Waals surface area (Å²) in [6, 6.07) is 8.33. The van der Waals surface area contributed by atoms with Crippen LogP contribution in [-0.4, -0.2) is 6.61 Å². The fourth-order valence-electron chi connectivity index (χ4n) is 2.12. The maximum Gasteiger partial charge on any atom is 0.127 e. The first-order valence-electron chi connectivity index (χ1n) is 5.36. The Labute approximate surface area is 84.4 Å². The lowest BCUT2D eigenvalue weighted by Gasteiger charge is -2.22. The van der Waals surface area contributed by atoms with Crippen LogP contribution in [0.2, 0.25) is 0 Å². The summed E-state index contributed by atoms with van der Waals surface area (Å²) < 4.78 is 5.61. The zero-order chi connectivity index (χ0) is 9.38. The Hall–Kier alpha value is -1.24. The van der Waals surface area contributed by atoms with E-state index in [2.05, 4.69) is 24.3 Å². The maximum atomic E-state index is 5.61. The lowest BCUT2D eigenvalue weighted by Crippen LogP contribution is -2.08. The topological polar surface area (TPSA) is 9.23 Å². The highest BCUT2D eigenvalue weighted by Crippen LogP contribution is 2.36. The second-order valence-corrected chi connectivity index (χ2v) is 4.17. The van der Waals surface area contributed by atoms with Crippen LogP contribution in [0.5, 0.6) is 5.75 Å². The van der Waals surface area contributed by atoms with Gasteiger partial charge in [0, 0.05) is 5.56 Å². The number of hydrogen-bond donors (Lipinski definition) is 0. The van der Waals surface area contributed by atoms with Crippen LogP contribution in [0, 0.1) is 5.92 Å². The van der Waals surface area contributed by atoms with Gasteiger partial charge in [-0.15, -0.1) is 0 Å². The SMILES string of the molecule is C(=C1COc2ccccc21)C1CCC1. The normalized spacial score (nSPS) is 23.0. The molecular weight excluding hydrogens is 172 g/mol. The summed E-state index contributed by atoms with van der Waals surface area (Å²) >= 11 is 0. The minimum Gasteiger partial charge on any atom is -0.488 e. The Morgan fingerprint density at radius 2 is 2.07 bits per heavy atom. The third-order valence-electron chi connectivity index (χ3n) is 3.20. The molecule has 0 N–H and O–H groups in total. The van der Waals surface area contributed by atoms with E-state index in [1.807, 2.05) is 6.07 Å². The average molecular weight is 186 g/mol. The summed E-state index contributed by atoms with van der Waals surface area (Å²) in [5.74, 6) is 1.87. The first-order valence-corrected chi connectivity index (χ1v) is 5.36. The van der Waals surface area contributed by atoms with Crippen LogP contribution in [0.15, 0.2) is 30.3 Å². The highest BCUT2D eigenvalue weighted by molar-refractivity contribution is 5.74. The molecule has 14 heavy (non-hydrogen) atoms. The molecule has 72 valence electrons. The number of hydrogen-bond acceptors (Lipinski definition) is 1. The highest BCUT2D eigenvalue weighted by Gasteiger charge is 2.21. The van der Waals surface area contributed by atoms with Crippen molar-refractivity contribution in [2.24, 2.45) is 5.92 Å². The van der Waals surface area contributed by atoms with E-state index in [1.54, 1.807) is 0 Å². The van der Waals surface area contributed by atoms with Gasteiger partial charge in [-0.1, -0.05) is 30.7 Å². The lowest BCUT2D eigenvalue weighted by molar-refractivity contribution is 0.376. The molecule has 0 aromatic heterocycles. The zero-order valence-electron chi connectivity index (χ0n) is 8.20. The molecule has 1 aromatic rings. The van der Waals surface area contributed by atoms with Gasteiger partial charge in [-0.2, -0.15) is 0 Å². The molecule has 1 saturated carbocycles. The van der Waals surface area contributed by atoms with Crippen molar-refractivity contribution >= 4 is 5.57 Å². The molecule has 1 aliphatic carbocycles. The second-order valence-electron chi connectivity index (χ2n) is 4.17. The molecule has 0 saturated heterocycles. The standard InChI is InChI=1S/C13H14O/c1-2-7-13-12(6-1)11(9-14-13)8-10-4-3-5-10/h1-2,6-8,10H,3-5,9H2. The number of ether oxygens (including phenoxy) is 1. The molecule has 0 atom stereocenters. The van der Waals surface area contributed by atoms with Crippen molar-refractivity contribution in [1.82, 2.24) is 0 Å². The van der Waals surface area contributed by atoms with E-state index in [1.165, 1.54) is 30.4 Å². The van der Waals surface area contributed by atoms with E-state index in [4.69, 9.17) is 4.74 Å². The smallest absolute Gasteiger partial charge is 0.127 e. The first-order chi connectivity index (χ1) is 6.93. The maximum absolute atomic E-state index is 5.61. The zero-order valence-corrected chi connectivity index (χ0v) is 8.20. The van der Waals surface area contributed by atoms with Gasteiger partial charge in [-0.25, -0.2) is 0 Å². The number of para-hydroxylation sites is 1. The summed E-state index contributed by atoms with van der Waals surface area (Å²) in [5.41, 5.74) is 2.70. The summed E-state index contributed by atoms with van der Waals surface area (Å²) in [7, 11) is 0. The molecule has 1 nitrogen and oxygen atoms in total. The third kappa shape index (κ3) is 1.24.